The summed E-state index contributed by atoms with van der Waals surface area (Å²) in [5.74, 6) is 0. The minimum atomic E-state index is -3.97. The fourth-order valence-electron chi connectivity index (χ4n) is 2.26. The Morgan fingerprint density at radius 3 is 2.58 bits per heavy atom. The monoisotopic (exact) mass is 491 g/mol. The van der Waals surface area contributed by atoms with Crippen molar-refractivity contribution in [3.8, 4) is 11.8 Å². The molecule has 1 heterocycles. The molecule has 0 aliphatic heterocycles. The Balaban J connectivity index is 2.03. The topological polar surface area (TPSA) is 75.8 Å². The van der Waals surface area contributed by atoms with E-state index in [1.54, 1.807) is 29.1 Å². The molecule has 0 saturated carbocycles. The lowest BCUT2D eigenvalue weighted by Gasteiger charge is -2.06. The molecule has 3 aromatic rings. The highest BCUT2D eigenvalue weighted by Crippen LogP contribution is 2.30. The first-order valence-corrected chi connectivity index (χ1v) is 10.4. The summed E-state index contributed by atoms with van der Waals surface area (Å²) in [5, 5.41) is 13.6. The zero-order valence-electron chi connectivity index (χ0n) is 13.2. The van der Waals surface area contributed by atoms with Gasteiger partial charge in [-0.15, -0.1) is 0 Å². The standard InChI is InChI=1S/C18H11Br2N3O2S/c19-14-6-7-17(20)18(9-14)26(24,25)16(10-21)8-13-11-22-23(12-13)15-4-2-1-3-5-15/h1-9,11-12H/b16-8+. The van der Waals surface area contributed by atoms with Gasteiger partial charge in [-0.05, 0) is 52.3 Å². The number of nitrogens with zero attached hydrogens (tertiary/aromatic N) is 3. The molecule has 0 amide bonds. The summed E-state index contributed by atoms with van der Waals surface area (Å²) < 4.78 is 28.3. The maximum absolute atomic E-state index is 12.8. The Labute approximate surface area is 167 Å². The minimum absolute atomic E-state index is 0.0233. The molecule has 0 N–H and O–H groups in total. The number of nitriles is 1. The highest BCUT2D eigenvalue weighted by Gasteiger charge is 2.24. The molecule has 1 aromatic heterocycles. The van der Waals surface area contributed by atoms with Crippen LogP contribution in [-0.4, -0.2) is 18.2 Å². The van der Waals surface area contributed by atoms with Gasteiger partial charge in [0, 0.05) is 20.7 Å². The van der Waals surface area contributed by atoms with E-state index >= 15 is 0 Å². The number of halogens is 2. The third-order valence-corrected chi connectivity index (χ3v) is 6.66. The molecule has 3 rings (SSSR count). The number of rotatable bonds is 4. The molecule has 5 nitrogen and oxygen atoms in total. The van der Waals surface area contributed by atoms with Crippen LogP contribution >= 0.6 is 31.9 Å². The average Bonchev–Trinajstić information content (AvgIpc) is 3.11. The van der Waals surface area contributed by atoms with Crippen LogP contribution in [0.3, 0.4) is 0 Å². The van der Waals surface area contributed by atoms with E-state index in [9.17, 15) is 13.7 Å². The molecular weight excluding hydrogens is 482 g/mol. The summed E-state index contributed by atoms with van der Waals surface area (Å²) in [6.07, 6.45) is 4.49. The van der Waals surface area contributed by atoms with Crippen LogP contribution in [0.15, 0.2) is 79.7 Å². The van der Waals surface area contributed by atoms with Crippen molar-refractivity contribution in [1.82, 2.24) is 9.78 Å². The van der Waals surface area contributed by atoms with E-state index in [1.807, 2.05) is 30.3 Å². The smallest absolute Gasteiger partial charge is 0.217 e. The number of benzene rings is 2. The third kappa shape index (κ3) is 3.80. The molecule has 0 saturated heterocycles. The molecule has 0 radical (unpaired) electrons. The summed E-state index contributed by atoms with van der Waals surface area (Å²) in [6, 6.07) is 16.0. The average molecular weight is 493 g/mol. The van der Waals surface area contributed by atoms with Crippen LogP contribution in [0.5, 0.6) is 0 Å². The lowest BCUT2D eigenvalue weighted by atomic mass is 10.3. The van der Waals surface area contributed by atoms with Gasteiger partial charge in [0.1, 0.15) is 11.0 Å². The molecular formula is C18H11Br2N3O2S. The number of hydrogen-bond donors (Lipinski definition) is 0. The normalized spacial score (nSPS) is 12.0. The highest BCUT2D eigenvalue weighted by molar-refractivity contribution is 9.11. The van der Waals surface area contributed by atoms with Gasteiger partial charge in [0.25, 0.3) is 0 Å². The fourth-order valence-corrected chi connectivity index (χ4v) is 4.91. The van der Waals surface area contributed by atoms with Crippen LogP contribution in [0.1, 0.15) is 5.56 Å². The lowest BCUT2D eigenvalue weighted by molar-refractivity contribution is 0.603. The number of hydrogen-bond acceptors (Lipinski definition) is 4. The van der Waals surface area contributed by atoms with E-state index < -0.39 is 9.84 Å². The van der Waals surface area contributed by atoms with Crippen molar-refractivity contribution in [3.05, 3.63) is 80.3 Å². The van der Waals surface area contributed by atoms with Crippen molar-refractivity contribution in [2.75, 3.05) is 0 Å². The molecule has 0 spiro atoms. The van der Waals surface area contributed by atoms with E-state index in [0.717, 1.165) is 5.69 Å². The van der Waals surface area contributed by atoms with Gasteiger partial charge in [-0.25, -0.2) is 13.1 Å². The van der Waals surface area contributed by atoms with Crippen LogP contribution in [0.25, 0.3) is 11.8 Å². The van der Waals surface area contributed by atoms with Crippen molar-refractivity contribution < 1.29 is 8.42 Å². The maximum atomic E-state index is 12.8. The van der Waals surface area contributed by atoms with E-state index in [1.165, 1.54) is 18.3 Å². The predicted octanol–water partition coefficient (Wildman–Crippen LogP) is 4.74. The summed E-state index contributed by atoms with van der Waals surface area (Å²) in [7, 11) is -3.97. The summed E-state index contributed by atoms with van der Waals surface area (Å²) >= 11 is 6.49. The first-order valence-electron chi connectivity index (χ1n) is 7.34. The van der Waals surface area contributed by atoms with Gasteiger partial charge in [0.15, 0.2) is 0 Å². The van der Waals surface area contributed by atoms with Gasteiger partial charge in [0.05, 0.1) is 16.8 Å². The van der Waals surface area contributed by atoms with Gasteiger partial charge in [-0.1, -0.05) is 34.1 Å². The van der Waals surface area contributed by atoms with E-state index in [2.05, 4.69) is 37.0 Å². The van der Waals surface area contributed by atoms with Crippen LogP contribution in [0.4, 0.5) is 0 Å². The van der Waals surface area contributed by atoms with Gasteiger partial charge in [0.2, 0.25) is 9.84 Å². The summed E-state index contributed by atoms with van der Waals surface area (Å²) in [6.45, 7) is 0. The minimum Gasteiger partial charge on any atom is -0.240 e. The summed E-state index contributed by atoms with van der Waals surface area (Å²) in [5.41, 5.74) is 1.35. The second kappa shape index (κ2) is 7.58. The second-order valence-corrected chi connectivity index (χ2v) is 8.91. The Kier molecular flexibility index (Phi) is 5.41. The van der Waals surface area contributed by atoms with Crippen LogP contribution in [0.2, 0.25) is 0 Å². The lowest BCUT2D eigenvalue weighted by Crippen LogP contribution is -2.04. The molecule has 0 bridgehead atoms. The molecule has 26 heavy (non-hydrogen) atoms. The maximum Gasteiger partial charge on any atom is 0.217 e. The first kappa shape index (κ1) is 18.6. The molecule has 0 aliphatic rings. The van der Waals surface area contributed by atoms with Crippen molar-refractivity contribution >= 4 is 47.8 Å². The zero-order valence-corrected chi connectivity index (χ0v) is 17.2. The Morgan fingerprint density at radius 2 is 1.88 bits per heavy atom. The van der Waals surface area contributed by atoms with Crippen LogP contribution in [0, 0.1) is 11.3 Å². The number of allylic oxidation sites excluding steroid dienone is 1. The van der Waals surface area contributed by atoms with E-state index in [-0.39, 0.29) is 9.80 Å². The quantitative estimate of drug-likeness (QED) is 0.493. The fraction of sp³-hybridized carbons (Fsp3) is 0. The zero-order chi connectivity index (χ0) is 18.7. The summed E-state index contributed by atoms with van der Waals surface area (Å²) in [4.78, 5) is -0.334. The van der Waals surface area contributed by atoms with Crippen LogP contribution < -0.4 is 0 Å². The molecule has 8 heteroatoms. The van der Waals surface area contributed by atoms with E-state index in [0.29, 0.717) is 14.5 Å². The van der Waals surface area contributed by atoms with Gasteiger partial charge < -0.3 is 0 Å². The molecule has 0 atom stereocenters. The highest BCUT2D eigenvalue weighted by atomic mass is 79.9. The molecule has 2 aromatic carbocycles. The van der Waals surface area contributed by atoms with Crippen molar-refractivity contribution in [2.45, 2.75) is 4.90 Å². The Morgan fingerprint density at radius 1 is 1.15 bits per heavy atom. The van der Waals surface area contributed by atoms with Gasteiger partial charge in [-0.2, -0.15) is 10.4 Å². The second-order valence-electron chi connectivity index (χ2n) is 5.25. The Hall–Kier alpha value is -2.21. The molecule has 0 aliphatic carbocycles. The van der Waals surface area contributed by atoms with Gasteiger partial charge >= 0.3 is 0 Å². The SMILES string of the molecule is N#C/C(=C\c1cnn(-c2ccccc2)c1)S(=O)(=O)c1cc(Br)ccc1Br. The van der Waals surface area contributed by atoms with Crippen molar-refractivity contribution in [1.29, 1.82) is 5.26 Å². The first-order chi connectivity index (χ1) is 12.4. The number of sulfone groups is 1. The number of aromatic nitrogens is 2. The number of para-hydroxylation sites is 1. The van der Waals surface area contributed by atoms with Gasteiger partial charge in [-0.3, -0.25) is 0 Å². The van der Waals surface area contributed by atoms with Crippen molar-refractivity contribution in [2.24, 2.45) is 0 Å². The van der Waals surface area contributed by atoms with Crippen LogP contribution in [-0.2, 0) is 9.84 Å². The van der Waals surface area contributed by atoms with Crippen molar-refractivity contribution in [3.63, 3.8) is 0 Å². The molecule has 0 unspecified atom stereocenters. The Bertz CT molecular complexity index is 1130. The predicted molar refractivity (Wildman–Crippen MR) is 106 cm³/mol. The molecule has 0 fully saturated rings. The third-order valence-electron chi connectivity index (χ3n) is 3.50. The molecule has 130 valence electrons. The largest absolute Gasteiger partial charge is 0.240 e. The van der Waals surface area contributed by atoms with E-state index in [4.69, 9.17) is 0 Å².